The number of benzene rings is 2. The van der Waals surface area contributed by atoms with Gasteiger partial charge in [0.15, 0.2) is 11.5 Å². The van der Waals surface area contributed by atoms with Crippen LogP contribution in [0.2, 0.25) is 0 Å². The Morgan fingerprint density at radius 3 is 2.68 bits per heavy atom. The molecule has 0 radical (unpaired) electrons. The monoisotopic (exact) mass is 442 g/mol. The minimum Gasteiger partial charge on any atom is -0.449 e. The fraction of sp³-hybridized carbons (Fsp3) is 0.333. The summed E-state index contributed by atoms with van der Waals surface area (Å²) >= 11 is 1.89. The first kappa shape index (κ1) is 22.9. The number of hydrogen-bond donors (Lipinski definition) is 1. The van der Waals surface area contributed by atoms with Crippen LogP contribution in [0.4, 0.5) is 10.1 Å². The molecule has 0 spiro atoms. The van der Waals surface area contributed by atoms with E-state index in [1.54, 1.807) is 42.5 Å². The number of anilines is 1. The van der Waals surface area contributed by atoms with Crippen LogP contribution in [0, 0.1) is 5.82 Å². The SMILES string of the molecule is CCCCSCCCNC(=O)CN1C(=O)/C(=C\c2ccccc2F)Oc2ccccc21. The van der Waals surface area contributed by atoms with E-state index in [1.165, 1.54) is 29.9 Å². The van der Waals surface area contributed by atoms with E-state index in [-0.39, 0.29) is 23.8 Å². The van der Waals surface area contributed by atoms with E-state index in [1.807, 2.05) is 11.8 Å². The third-order valence-electron chi connectivity index (χ3n) is 4.76. The third kappa shape index (κ3) is 6.34. The standard InChI is InChI=1S/C24H27FN2O3S/c1-2-3-14-31-15-8-13-26-23(28)17-27-20-11-6-7-12-21(20)30-22(24(27)29)16-18-9-4-5-10-19(18)25/h4-7,9-12,16H,2-3,8,13-15,17H2,1H3,(H,26,28)/b22-16+. The molecule has 1 heterocycles. The van der Waals surface area contributed by atoms with Crippen LogP contribution in [0.25, 0.3) is 6.08 Å². The molecule has 31 heavy (non-hydrogen) atoms. The summed E-state index contributed by atoms with van der Waals surface area (Å²) in [6, 6.07) is 13.1. The molecule has 2 aromatic carbocycles. The average Bonchev–Trinajstić information content (AvgIpc) is 2.77. The van der Waals surface area contributed by atoms with Crippen LogP contribution < -0.4 is 15.0 Å². The predicted octanol–water partition coefficient (Wildman–Crippen LogP) is 4.63. The second-order valence-corrected chi connectivity index (χ2v) is 8.39. The Bertz CT molecular complexity index is 948. The van der Waals surface area contributed by atoms with Crippen LogP contribution >= 0.6 is 11.8 Å². The fourth-order valence-corrected chi connectivity index (χ4v) is 4.15. The second kappa shape index (κ2) is 11.6. The Morgan fingerprint density at radius 2 is 1.87 bits per heavy atom. The van der Waals surface area contributed by atoms with E-state index in [0.29, 0.717) is 18.0 Å². The summed E-state index contributed by atoms with van der Waals surface area (Å²) in [5.74, 6) is 1.39. The zero-order valence-electron chi connectivity index (χ0n) is 17.6. The summed E-state index contributed by atoms with van der Waals surface area (Å²) in [4.78, 5) is 26.9. The minimum absolute atomic E-state index is 0.0241. The van der Waals surface area contributed by atoms with Crippen molar-refractivity contribution in [2.24, 2.45) is 0 Å². The Kier molecular flexibility index (Phi) is 8.53. The van der Waals surface area contributed by atoms with E-state index in [2.05, 4.69) is 12.2 Å². The van der Waals surface area contributed by atoms with Gasteiger partial charge in [0.05, 0.1) is 5.69 Å². The number of nitrogens with one attached hydrogen (secondary N) is 1. The summed E-state index contributed by atoms with van der Waals surface area (Å²) in [6.07, 6.45) is 4.64. The molecule has 2 amide bonds. The maximum Gasteiger partial charge on any atom is 0.294 e. The molecule has 164 valence electrons. The van der Waals surface area contributed by atoms with Gasteiger partial charge in [-0.3, -0.25) is 14.5 Å². The lowest BCUT2D eigenvalue weighted by Crippen LogP contribution is -2.44. The fourth-order valence-electron chi connectivity index (χ4n) is 3.10. The quantitative estimate of drug-likeness (QED) is 0.431. The van der Waals surface area contributed by atoms with Crippen molar-refractivity contribution in [2.75, 3.05) is 29.5 Å². The van der Waals surface area contributed by atoms with Crippen LogP contribution in [0.5, 0.6) is 5.75 Å². The van der Waals surface area contributed by atoms with E-state index in [9.17, 15) is 14.0 Å². The molecule has 1 N–H and O–H groups in total. The Hall–Kier alpha value is -2.80. The second-order valence-electron chi connectivity index (χ2n) is 7.16. The summed E-state index contributed by atoms with van der Waals surface area (Å²) in [5, 5.41) is 2.88. The number of halogens is 1. The molecule has 0 fully saturated rings. The molecule has 5 nitrogen and oxygen atoms in total. The van der Waals surface area contributed by atoms with Crippen molar-refractivity contribution in [3.05, 3.63) is 65.7 Å². The zero-order chi connectivity index (χ0) is 22.1. The van der Waals surface area contributed by atoms with Crippen LogP contribution in [-0.2, 0) is 9.59 Å². The number of amides is 2. The molecular weight excluding hydrogens is 415 g/mol. The lowest BCUT2D eigenvalue weighted by Gasteiger charge is -2.30. The van der Waals surface area contributed by atoms with Crippen molar-refractivity contribution in [1.82, 2.24) is 5.32 Å². The molecule has 3 rings (SSSR count). The van der Waals surface area contributed by atoms with Crippen LogP contribution in [-0.4, -0.2) is 36.4 Å². The highest BCUT2D eigenvalue weighted by Crippen LogP contribution is 2.35. The molecule has 0 saturated heterocycles. The molecule has 0 aliphatic carbocycles. The number of rotatable bonds is 10. The molecule has 1 aliphatic rings. The first-order valence-electron chi connectivity index (χ1n) is 10.5. The minimum atomic E-state index is -0.479. The van der Waals surface area contributed by atoms with E-state index in [4.69, 9.17) is 4.74 Å². The number of carbonyl (C=O) groups excluding carboxylic acids is 2. The van der Waals surface area contributed by atoms with Gasteiger partial charge in [0, 0.05) is 12.1 Å². The molecule has 1 aliphatic heterocycles. The van der Waals surface area contributed by atoms with Gasteiger partial charge in [-0.1, -0.05) is 43.7 Å². The summed E-state index contributed by atoms with van der Waals surface area (Å²) < 4.78 is 19.8. The highest BCUT2D eigenvalue weighted by Gasteiger charge is 2.31. The third-order valence-corrected chi connectivity index (χ3v) is 5.91. The van der Waals surface area contributed by atoms with Crippen molar-refractivity contribution in [2.45, 2.75) is 26.2 Å². The number of hydrogen-bond acceptors (Lipinski definition) is 4. The van der Waals surface area contributed by atoms with Crippen molar-refractivity contribution in [3.63, 3.8) is 0 Å². The molecule has 2 aromatic rings. The zero-order valence-corrected chi connectivity index (χ0v) is 18.4. The predicted molar refractivity (Wildman–Crippen MR) is 124 cm³/mol. The molecule has 7 heteroatoms. The first-order valence-corrected chi connectivity index (χ1v) is 11.6. The maximum absolute atomic E-state index is 14.1. The number of nitrogens with zero attached hydrogens (tertiary/aromatic N) is 1. The van der Waals surface area contributed by atoms with Crippen LogP contribution in [0.1, 0.15) is 31.7 Å². The van der Waals surface area contributed by atoms with Crippen molar-refractivity contribution in [1.29, 1.82) is 0 Å². The van der Waals surface area contributed by atoms with Gasteiger partial charge in [0.1, 0.15) is 12.4 Å². The summed E-state index contributed by atoms with van der Waals surface area (Å²) in [7, 11) is 0. The van der Waals surface area contributed by atoms with Gasteiger partial charge in [-0.2, -0.15) is 11.8 Å². The summed E-state index contributed by atoms with van der Waals surface area (Å²) in [6.45, 7) is 2.61. The normalized spacial score (nSPS) is 14.3. The van der Waals surface area contributed by atoms with Gasteiger partial charge < -0.3 is 10.1 Å². The van der Waals surface area contributed by atoms with Crippen LogP contribution in [0.3, 0.4) is 0 Å². The van der Waals surface area contributed by atoms with Gasteiger partial charge >= 0.3 is 0 Å². The highest BCUT2D eigenvalue weighted by molar-refractivity contribution is 7.99. The number of unbranched alkanes of at least 4 members (excludes halogenated alkanes) is 1. The van der Waals surface area contributed by atoms with E-state index in [0.717, 1.165) is 17.9 Å². The van der Waals surface area contributed by atoms with Gasteiger partial charge in [-0.25, -0.2) is 4.39 Å². The number of fused-ring (bicyclic) bond motifs is 1. The van der Waals surface area contributed by atoms with Crippen LogP contribution in [0.15, 0.2) is 54.3 Å². The van der Waals surface area contributed by atoms with Gasteiger partial charge in [0.2, 0.25) is 5.91 Å². The molecular formula is C24H27FN2O3S. The van der Waals surface area contributed by atoms with E-state index >= 15 is 0 Å². The van der Waals surface area contributed by atoms with Crippen molar-refractivity contribution in [3.8, 4) is 5.75 Å². The topological polar surface area (TPSA) is 58.6 Å². The average molecular weight is 443 g/mol. The molecule has 0 aromatic heterocycles. The van der Waals surface area contributed by atoms with E-state index < -0.39 is 11.7 Å². The molecule has 0 unspecified atom stereocenters. The lowest BCUT2D eigenvalue weighted by atomic mass is 10.1. The largest absolute Gasteiger partial charge is 0.449 e. The van der Waals surface area contributed by atoms with Crippen molar-refractivity contribution >= 4 is 35.3 Å². The number of para-hydroxylation sites is 2. The molecule has 0 atom stereocenters. The van der Waals surface area contributed by atoms with Gasteiger partial charge in [0.25, 0.3) is 5.91 Å². The lowest BCUT2D eigenvalue weighted by molar-refractivity contribution is -0.123. The molecule has 0 bridgehead atoms. The van der Waals surface area contributed by atoms with Gasteiger partial charge in [-0.15, -0.1) is 0 Å². The maximum atomic E-state index is 14.1. The van der Waals surface area contributed by atoms with Gasteiger partial charge in [-0.05, 0) is 48.6 Å². The molecule has 0 saturated carbocycles. The number of thioether (sulfide) groups is 1. The number of carbonyl (C=O) groups is 2. The highest BCUT2D eigenvalue weighted by atomic mass is 32.2. The Balaban J connectivity index is 1.66. The summed E-state index contributed by atoms with van der Waals surface area (Å²) in [5.41, 5.74) is 0.763. The number of ether oxygens (including phenoxy) is 1. The first-order chi connectivity index (χ1) is 15.1. The Labute approximate surface area is 186 Å². The smallest absolute Gasteiger partial charge is 0.294 e. The Morgan fingerprint density at radius 1 is 1.13 bits per heavy atom. The van der Waals surface area contributed by atoms with Crippen molar-refractivity contribution < 1.29 is 18.7 Å².